The Bertz CT molecular complexity index is 1140. The maximum Gasteiger partial charge on any atom is 0.168 e. The Hall–Kier alpha value is -3.05. The van der Waals surface area contributed by atoms with Crippen LogP contribution in [0.4, 0.5) is 8.78 Å². The second-order valence-corrected chi connectivity index (χ2v) is 8.73. The fraction of sp³-hybridized carbons (Fsp3) is 0.367. The molecule has 0 saturated carbocycles. The number of pyridine rings is 1. The van der Waals surface area contributed by atoms with E-state index in [1.165, 1.54) is 12.8 Å². The predicted molar refractivity (Wildman–Crippen MR) is 141 cm³/mol. The molecule has 0 N–H and O–H groups in total. The lowest BCUT2D eigenvalue weighted by atomic mass is 10.0. The van der Waals surface area contributed by atoms with Gasteiger partial charge in [0.25, 0.3) is 0 Å². The predicted octanol–water partition coefficient (Wildman–Crippen LogP) is 8.52. The summed E-state index contributed by atoms with van der Waals surface area (Å²) in [5.41, 5.74) is 0.764. The van der Waals surface area contributed by atoms with Crippen LogP contribution >= 0.6 is 0 Å². The van der Waals surface area contributed by atoms with Crippen LogP contribution < -0.4 is 4.74 Å². The SMILES string of the molecule is C=CCOc1ccc2cc(-c3ccc(/C=C/CCCC(C)OCCCCC)c(F)c3F)ncc2c1. The molecular weight excluding hydrogens is 444 g/mol. The maximum absolute atomic E-state index is 14.9. The summed E-state index contributed by atoms with van der Waals surface area (Å²) in [6, 6.07) is 10.5. The second-order valence-electron chi connectivity index (χ2n) is 8.73. The van der Waals surface area contributed by atoms with E-state index in [0.717, 1.165) is 43.1 Å². The van der Waals surface area contributed by atoms with Gasteiger partial charge in [0.2, 0.25) is 0 Å². The van der Waals surface area contributed by atoms with Crippen LogP contribution in [-0.2, 0) is 4.74 Å². The first-order valence-electron chi connectivity index (χ1n) is 12.4. The summed E-state index contributed by atoms with van der Waals surface area (Å²) in [6.45, 7) is 9.11. The smallest absolute Gasteiger partial charge is 0.168 e. The Morgan fingerprint density at radius 3 is 2.69 bits per heavy atom. The summed E-state index contributed by atoms with van der Waals surface area (Å²) in [5, 5.41) is 1.73. The molecule has 0 aliphatic carbocycles. The van der Waals surface area contributed by atoms with E-state index in [1.54, 1.807) is 36.5 Å². The molecule has 1 atom stereocenters. The van der Waals surface area contributed by atoms with Crippen molar-refractivity contribution in [2.75, 3.05) is 13.2 Å². The van der Waals surface area contributed by atoms with Crippen LogP contribution in [0.2, 0.25) is 0 Å². The van der Waals surface area contributed by atoms with E-state index >= 15 is 0 Å². The van der Waals surface area contributed by atoms with Crippen LogP contribution in [0.25, 0.3) is 28.1 Å². The average molecular weight is 480 g/mol. The maximum atomic E-state index is 14.9. The normalized spacial score (nSPS) is 12.3. The van der Waals surface area contributed by atoms with E-state index in [4.69, 9.17) is 9.47 Å². The topological polar surface area (TPSA) is 31.4 Å². The molecule has 0 amide bonds. The fourth-order valence-electron chi connectivity index (χ4n) is 3.86. The third-order valence-corrected chi connectivity index (χ3v) is 5.88. The number of ether oxygens (including phenoxy) is 2. The van der Waals surface area contributed by atoms with E-state index in [2.05, 4.69) is 25.4 Å². The number of unbranched alkanes of at least 4 members (excludes halogenated alkanes) is 3. The monoisotopic (exact) mass is 479 g/mol. The number of benzene rings is 2. The molecule has 1 heterocycles. The molecule has 2 aromatic carbocycles. The van der Waals surface area contributed by atoms with Crippen molar-refractivity contribution in [3.63, 3.8) is 0 Å². The van der Waals surface area contributed by atoms with Crippen molar-refractivity contribution in [2.45, 2.75) is 58.5 Å². The molecule has 0 spiro atoms. The van der Waals surface area contributed by atoms with Gasteiger partial charge >= 0.3 is 0 Å². The average Bonchev–Trinajstić information content (AvgIpc) is 2.87. The standard InChI is InChI=1S/C30H35F2NO2/c1-4-6-10-18-34-22(3)11-8-7-9-12-23-14-16-27(30(32)29(23)31)28-20-24-13-15-26(35-17-5-2)19-25(24)21-33-28/h5,9,12-16,19-22H,2,4,6-8,10-11,17-18H2,1,3H3/b12-9+. The molecule has 0 bridgehead atoms. The third-order valence-electron chi connectivity index (χ3n) is 5.88. The van der Waals surface area contributed by atoms with Crippen LogP contribution in [0.1, 0.15) is 57.9 Å². The first-order valence-corrected chi connectivity index (χ1v) is 12.4. The van der Waals surface area contributed by atoms with Crippen molar-refractivity contribution in [3.05, 3.63) is 78.5 Å². The Morgan fingerprint density at radius 1 is 1.03 bits per heavy atom. The van der Waals surface area contributed by atoms with Crippen molar-refractivity contribution in [3.8, 4) is 17.0 Å². The number of allylic oxidation sites excluding steroid dienone is 1. The van der Waals surface area contributed by atoms with Gasteiger partial charge in [-0.2, -0.15) is 0 Å². The number of aromatic nitrogens is 1. The van der Waals surface area contributed by atoms with Gasteiger partial charge in [-0.3, -0.25) is 4.98 Å². The first-order chi connectivity index (χ1) is 17.0. The van der Waals surface area contributed by atoms with E-state index in [-0.39, 0.29) is 17.2 Å². The van der Waals surface area contributed by atoms with Crippen LogP contribution in [0, 0.1) is 11.6 Å². The number of halogens is 2. The van der Waals surface area contributed by atoms with Crippen LogP contribution in [0.3, 0.4) is 0 Å². The molecule has 35 heavy (non-hydrogen) atoms. The molecule has 1 aromatic heterocycles. The van der Waals surface area contributed by atoms with E-state index < -0.39 is 11.6 Å². The number of nitrogens with zero attached hydrogens (tertiary/aromatic N) is 1. The zero-order chi connectivity index (χ0) is 25.0. The van der Waals surface area contributed by atoms with Crippen LogP contribution in [0.15, 0.2) is 61.3 Å². The van der Waals surface area contributed by atoms with E-state index in [9.17, 15) is 8.78 Å². The molecule has 0 aliphatic rings. The summed E-state index contributed by atoms with van der Waals surface area (Å²) < 4.78 is 41.0. The highest BCUT2D eigenvalue weighted by Gasteiger charge is 2.15. The van der Waals surface area contributed by atoms with Crippen molar-refractivity contribution in [2.24, 2.45) is 0 Å². The summed E-state index contributed by atoms with van der Waals surface area (Å²) in [7, 11) is 0. The molecule has 3 rings (SSSR count). The largest absolute Gasteiger partial charge is 0.490 e. The van der Waals surface area contributed by atoms with Gasteiger partial charge in [-0.25, -0.2) is 8.78 Å². The van der Waals surface area contributed by atoms with Gasteiger partial charge in [0.15, 0.2) is 11.6 Å². The van der Waals surface area contributed by atoms with Gasteiger partial charge in [0, 0.05) is 29.3 Å². The number of fused-ring (bicyclic) bond motifs is 1. The Labute approximate surface area is 207 Å². The van der Waals surface area contributed by atoms with Gasteiger partial charge in [0.1, 0.15) is 12.4 Å². The highest BCUT2D eigenvalue weighted by atomic mass is 19.2. The van der Waals surface area contributed by atoms with Crippen molar-refractivity contribution in [1.29, 1.82) is 0 Å². The Morgan fingerprint density at radius 2 is 1.89 bits per heavy atom. The van der Waals surface area contributed by atoms with Gasteiger partial charge in [0.05, 0.1) is 11.8 Å². The van der Waals surface area contributed by atoms with E-state index in [1.807, 2.05) is 24.3 Å². The lowest BCUT2D eigenvalue weighted by molar-refractivity contribution is 0.0566. The first kappa shape index (κ1) is 26.6. The summed E-state index contributed by atoms with van der Waals surface area (Å²) in [5.74, 6) is -1.05. The minimum absolute atomic E-state index is 0.141. The lowest BCUT2D eigenvalue weighted by Gasteiger charge is -2.12. The molecule has 0 radical (unpaired) electrons. The molecular formula is C30H35F2NO2. The fourth-order valence-corrected chi connectivity index (χ4v) is 3.86. The summed E-state index contributed by atoms with van der Waals surface area (Å²) in [6.07, 6.45) is 13.2. The Kier molecular flexibility index (Phi) is 10.4. The van der Waals surface area contributed by atoms with Crippen molar-refractivity contribution >= 4 is 16.8 Å². The van der Waals surface area contributed by atoms with Gasteiger partial charge in [-0.15, -0.1) is 0 Å². The Balaban J connectivity index is 1.61. The summed E-state index contributed by atoms with van der Waals surface area (Å²) >= 11 is 0. The number of rotatable bonds is 14. The van der Waals surface area contributed by atoms with Gasteiger partial charge < -0.3 is 9.47 Å². The molecule has 5 heteroatoms. The van der Waals surface area contributed by atoms with Crippen LogP contribution in [0.5, 0.6) is 5.75 Å². The van der Waals surface area contributed by atoms with Crippen molar-refractivity contribution < 1.29 is 18.3 Å². The molecule has 186 valence electrons. The molecule has 0 saturated heterocycles. The molecule has 3 aromatic rings. The minimum atomic E-state index is -0.890. The number of hydrogen-bond donors (Lipinski definition) is 0. The lowest BCUT2D eigenvalue weighted by Crippen LogP contribution is -2.08. The quantitative estimate of drug-likeness (QED) is 0.171. The van der Waals surface area contributed by atoms with E-state index in [0.29, 0.717) is 18.1 Å². The highest BCUT2D eigenvalue weighted by Crippen LogP contribution is 2.29. The minimum Gasteiger partial charge on any atom is -0.490 e. The van der Waals surface area contributed by atoms with Crippen molar-refractivity contribution in [1.82, 2.24) is 4.98 Å². The van der Waals surface area contributed by atoms with Crippen LogP contribution in [-0.4, -0.2) is 24.3 Å². The zero-order valence-electron chi connectivity index (χ0n) is 20.7. The molecule has 1 unspecified atom stereocenters. The zero-order valence-corrected chi connectivity index (χ0v) is 20.7. The molecule has 3 nitrogen and oxygen atoms in total. The molecule has 0 aliphatic heterocycles. The van der Waals surface area contributed by atoms with Gasteiger partial charge in [-0.1, -0.05) is 56.7 Å². The summed E-state index contributed by atoms with van der Waals surface area (Å²) in [4.78, 5) is 4.35. The third kappa shape index (κ3) is 7.72. The van der Waals surface area contributed by atoms with Gasteiger partial charge in [-0.05, 0) is 62.3 Å². The second kappa shape index (κ2) is 13.7. The highest BCUT2D eigenvalue weighted by molar-refractivity contribution is 5.86. The molecule has 0 fully saturated rings. The number of hydrogen-bond acceptors (Lipinski definition) is 3.